The summed E-state index contributed by atoms with van der Waals surface area (Å²) >= 11 is 0. The second-order valence-electron chi connectivity index (χ2n) is 5.21. The van der Waals surface area contributed by atoms with Crippen molar-refractivity contribution >= 4 is 17.3 Å². The summed E-state index contributed by atoms with van der Waals surface area (Å²) in [5.41, 5.74) is 0.0712. The SMILES string of the molecule is CCNc1ccc([N+](=O)[O-])c(N2CCC(COC)CC2)n1. The molecule has 0 amide bonds. The molecule has 116 valence electrons. The van der Waals surface area contributed by atoms with E-state index in [1.165, 1.54) is 6.07 Å². The molecule has 7 heteroatoms. The minimum atomic E-state index is -0.362. The lowest BCUT2D eigenvalue weighted by atomic mass is 9.98. The van der Waals surface area contributed by atoms with Crippen LogP contribution in [0.4, 0.5) is 17.3 Å². The van der Waals surface area contributed by atoms with Crippen molar-refractivity contribution in [2.75, 3.05) is 43.6 Å². The van der Waals surface area contributed by atoms with Gasteiger partial charge in [0.05, 0.1) is 4.92 Å². The molecular formula is C14H22N4O3. The first-order valence-corrected chi connectivity index (χ1v) is 7.29. The first-order chi connectivity index (χ1) is 10.2. The topological polar surface area (TPSA) is 80.5 Å². The lowest BCUT2D eigenvalue weighted by Gasteiger charge is -2.32. The number of ether oxygens (including phenoxy) is 1. The molecular weight excluding hydrogens is 272 g/mol. The number of rotatable bonds is 6. The summed E-state index contributed by atoms with van der Waals surface area (Å²) in [6.07, 6.45) is 1.94. The highest BCUT2D eigenvalue weighted by atomic mass is 16.6. The van der Waals surface area contributed by atoms with E-state index < -0.39 is 0 Å². The highest BCUT2D eigenvalue weighted by Crippen LogP contribution is 2.31. The number of nitrogens with zero attached hydrogens (tertiary/aromatic N) is 3. The highest BCUT2D eigenvalue weighted by Gasteiger charge is 2.26. The predicted octanol–water partition coefficient (Wildman–Crippen LogP) is 2.28. The third-order valence-electron chi connectivity index (χ3n) is 3.73. The molecule has 1 fully saturated rings. The first kappa shape index (κ1) is 15.5. The zero-order chi connectivity index (χ0) is 15.2. The molecule has 1 aromatic heterocycles. The maximum atomic E-state index is 11.2. The Morgan fingerprint density at radius 1 is 1.48 bits per heavy atom. The lowest BCUT2D eigenvalue weighted by molar-refractivity contribution is -0.384. The number of aromatic nitrogens is 1. The second-order valence-corrected chi connectivity index (χ2v) is 5.21. The van der Waals surface area contributed by atoms with E-state index in [2.05, 4.69) is 10.3 Å². The number of nitro groups is 1. The molecule has 0 aromatic carbocycles. The minimum Gasteiger partial charge on any atom is -0.384 e. The average molecular weight is 294 g/mol. The van der Waals surface area contributed by atoms with Crippen molar-refractivity contribution < 1.29 is 9.66 Å². The molecule has 1 aromatic rings. The Balaban J connectivity index is 2.17. The van der Waals surface area contributed by atoms with Gasteiger partial charge in [-0.2, -0.15) is 0 Å². The predicted molar refractivity (Wildman–Crippen MR) is 81.9 cm³/mol. The summed E-state index contributed by atoms with van der Waals surface area (Å²) in [6.45, 7) is 5.01. The normalized spacial score (nSPS) is 16.0. The summed E-state index contributed by atoms with van der Waals surface area (Å²) in [7, 11) is 1.71. The van der Waals surface area contributed by atoms with Gasteiger partial charge in [0.1, 0.15) is 5.82 Å². The van der Waals surface area contributed by atoms with Crippen molar-refractivity contribution in [3.05, 3.63) is 22.2 Å². The Morgan fingerprint density at radius 2 is 2.19 bits per heavy atom. The van der Waals surface area contributed by atoms with Crippen LogP contribution in [0, 0.1) is 16.0 Å². The van der Waals surface area contributed by atoms with E-state index in [1.807, 2.05) is 11.8 Å². The maximum absolute atomic E-state index is 11.2. The van der Waals surface area contributed by atoms with Crippen molar-refractivity contribution in [2.45, 2.75) is 19.8 Å². The highest BCUT2D eigenvalue weighted by molar-refractivity contribution is 5.62. The molecule has 0 aliphatic carbocycles. The van der Waals surface area contributed by atoms with Crippen molar-refractivity contribution in [1.82, 2.24) is 4.98 Å². The third-order valence-corrected chi connectivity index (χ3v) is 3.73. The van der Waals surface area contributed by atoms with Crippen molar-refractivity contribution in [1.29, 1.82) is 0 Å². The molecule has 0 spiro atoms. The third kappa shape index (κ3) is 3.81. The Labute approximate surface area is 124 Å². The van der Waals surface area contributed by atoms with Gasteiger partial charge in [-0.05, 0) is 31.7 Å². The maximum Gasteiger partial charge on any atom is 0.311 e. The van der Waals surface area contributed by atoms with Gasteiger partial charge in [-0.3, -0.25) is 10.1 Å². The molecule has 21 heavy (non-hydrogen) atoms. The van der Waals surface area contributed by atoms with Crippen molar-refractivity contribution in [2.24, 2.45) is 5.92 Å². The molecule has 2 rings (SSSR count). The number of hydrogen-bond donors (Lipinski definition) is 1. The van der Waals surface area contributed by atoms with E-state index in [0.29, 0.717) is 17.6 Å². The average Bonchev–Trinajstić information content (AvgIpc) is 2.48. The summed E-state index contributed by atoms with van der Waals surface area (Å²) in [5, 5.41) is 14.3. The fourth-order valence-electron chi connectivity index (χ4n) is 2.64. The number of piperidine rings is 1. The molecule has 1 aliphatic heterocycles. The second kappa shape index (κ2) is 7.21. The zero-order valence-corrected chi connectivity index (χ0v) is 12.5. The van der Waals surface area contributed by atoms with Gasteiger partial charge in [-0.1, -0.05) is 0 Å². The van der Waals surface area contributed by atoms with Crippen LogP contribution in [0.15, 0.2) is 12.1 Å². The van der Waals surface area contributed by atoms with E-state index in [-0.39, 0.29) is 10.6 Å². The van der Waals surface area contributed by atoms with E-state index in [1.54, 1.807) is 13.2 Å². The van der Waals surface area contributed by atoms with Crippen LogP contribution in [-0.4, -0.2) is 43.3 Å². The van der Waals surface area contributed by atoms with Crippen LogP contribution in [0.5, 0.6) is 0 Å². The number of hydrogen-bond acceptors (Lipinski definition) is 6. The molecule has 0 radical (unpaired) electrons. The molecule has 1 aliphatic rings. The molecule has 0 unspecified atom stereocenters. The molecule has 0 bridgehead atoms. The van der Waals surface area contributed by atoms with Crippen molar-refractivity contribution in [3.8, 4) is 0 Å². The molecule has 2 heterocycles. The van der Waals surface area contributed by atoms with Gasteiger partial charge in [0.25, 0.3) is 0 Å². The molecule has 0 saturated carbocycles. The van der Waals surface area contributed by atoms with E-state index >= 15 is 0 Å². The minimum absolute atomic E-state index is 0.0712. The monoisotopic (exact) mass is 294 g/mol. The number of anilines is 2. The lowest BCUT2D eigenvalue weighted by Crippen LogP contribution is -2.36. The van der Waals surface area contributed by atoms with E-state index in [9.17, 15) is 10.1 Å². The van der Waals surface area contributed by atoms with Gasteiger partial charge in [0.15, 0.2) is 0 Å². The van der Waals surface area contributed by atoms with Gasteiger partial charge >= 0.3 is 5.69 Å². The van der Waals surface area contributed by atoms with Crippen LogP contribution in [0.25, 0.3) is 0 Å². The number of pyridine rings is 1. The first-order valence-electron chi connectivity index (χ1n) is 7.29. The fourth-order valence-corrected chi connectivity index (χ4v) is 2.64. The standard InChI is InChI=1S/C14H22N4O3/c1-3-15-13-5-4-12(18(19)20)14(16-13)17-8-6-11(7-9-17)10-21-2/h4-5,11H,3,6-10H2,1-2H3,(H,15,16). The van der Waals surface area contributed by atoms with Crippen LogP contribution in [-0.2, 0) is 4.74 Å². The van der Waals surface area contributed by atoms with Gasteiger partial charge in [0, 0.05) is 39.4 Å². The summed E-state index contributed by atoms with van der Waals surface area (Å²) < 4.78 is 5.18. The largest absolute Gasteiger partial charge is 0.384 e. The summed E-state index contributed by atoms with van der Waals surface area (Å²) in [6, 6.07) is 3.18. The Morgan fingerprint density at radius 3 is 2.76 bits per heavy atom. The Kier molecular flexibility index (Phi) is 5.32. The van der Waals surface area contributed by atoms with Crippen LogP contribution in [0.3, 0.4) is 0 Å². The molecule has 7 nitrogen and oxygen atoms in total. The number of methoxy groups -OCH3 is 1. The van der Waals surface area contributed by atoms with Crippen LogP contribution >= 0.6 is 0 Å². The van der Waals surface area contributed by atoms with Gasteiger partial charge in [0.2, 0.25) is 5.82 Å². The summed E-state index contributed by atoms with van der Waals surface area (Å²) in [5.74, 6) is 1.67. The van der Waals surface area contributed by atoms with E-state index in [4.69, 9.17) is 4.74 Å². The molecule has 1 saturated heterocycles. The zero-order valence-electron chi connectivity index (χ0n) is 12.5. The van der Waals surface area contributed by atoms with Crippen molar-refractivity contribution in [3.63, 3.8) is 0 Å². The summed E-state index contributed by atoms with van der Waals surface area (Å²) in [4.78, 5) is 17.3. The molecule has 0 atom stereocenters. The van der Waals surface area contributed by atoms with Gasteiger partial charge < -0.3 is 15.0 Å². The Bertz CT molecular complexity index is 487. The quantitative estimate of drug-likeness (QED) is 0.640. The molecule has 1 N–H and O–H groups in total. The van der Waals surface area contributed by atoms with Gasteiger partial charge in [-0.15, -0.1) is 0 Å². The van der Waals surface area contributed by atoms with Crippen LogP contribution in [0.2, 0.25) is 0 Å². The Hall–Kier alpha value is -1.89. The smallest absolute Gasteiger partial charge is 0.311 e. The van der Waals surface area contributed by atoms with Gasteiger partial charge in [-0.25, -0.2) is 4.98 Å². The fraction of sp³-hybridized carbons (Fsp3) is 0.643. The van der Waals surface area contributed by atoms with Crippen LogP contribution in [0.1, 0.15) is 19.8 Å². The van der Waals surface area contributed by atoms with E-state index in [0.717, 1.165) is 39.1 Å². The van der Waals surface area contributed by atoms with Crippen LogP contribution < -0.4 is 10.2 Å². The number of nitrogens with one attached hydrogen (secondary N) is 1.